The molecule has 0 aliphatic carbocycles. The number of ether oxygens (including phenoxy) is 1. The summed E-state index contributed by atoms with van der Waals surface area (Å²) in [6, 6.07) is 15.5. The van der Waals surface area contributed by atoms with Gasteiger partial charge in [-0.1, -0.05) is 30.3 Å². The third-order valence-electron chi connectivity index (χ3n) is 6.32. The van der Waals surface area contributed by atoms with Crippen molar-refractivity contribution in [1.82, 2.24) is 24.7 Å². The lowest BCUT2D eigenvalue weighted by atomic mass is 10.0. The molecule has 44 heavy (non-hydrogen) atoms. The van der Waals surface area contributed by atoms with E-state index in [1.165, 1.54) is 54.9 Å². The minimum Gasteiger partial charge on any atom is -0.481 e. The molecule has 0 aliphatic heterocycles. The Morgan fingerprint density at radius 1 is 0.932 bits per heavy atom. The van der Waals surface area contributed by atoms with Crippen LogP contribution < -0.4 is 14.8 Å². The van der Waals surface area contributed by atoms with Crippen LogP contribution in [0.3, 0.4) is 0 Å². The molecule has 0 spiro atoms. The second-order valence-corrected chi connectivity index (χ2v) is 11.1. The standard InChI is InChI=1S/C29H22F4N6O4S/c1-17(20-13-34-28(35-14-20)29(31,32)33)38-27-23-11-19(18-7-9-21(30)10-8-18)12-24(26(23)36-16-37-27)43-15-25(40)39-44(41,42)22-5-3-2-4-6-22/h2-14,16-17H,15H2,1H3,(H,39,40)(H,36,37,38). The van der Waals surface area contributed by atoms with Crippen LogP contribution in [0.25, 0.3) is 22.0 Å². The Morgan fingerprint density at radius 3 is 2.27 bits per heavy atom. The molecule has 15 heteroatoms. The molecule has 2 aromatic heterocycles. The Hall–Kier alpha value is -5.18. The number of nitrogens with zero attached hydrogens (tertiary/aromatic N) is 4. The van der Waals surface area contributed by atoms with Gasteiger partial charge in [-0.3, -0.25) is 4.79 Å². The minimum absolute atomic E-state index is 0.0880. The highest BCUT2D eigenvalue weighted by molar-refractivity contribution is 7.90. The predicted molar refractivity (Wildman–Crippen MR) is 151 cm³/mol. The number of sulfonamides is 1. The van der Waals surface area contributed by atoms with Gasteiger partial charge in [-0.2, -0.15) is 13.2 Å². The number of nitrogens with one attached hydrogen (secondary N) is 2. The number of aromatic nitrogens is 4. The van der Waals surface area contributed by atoms with Gasteiger partial charge in [0.25, 0.3) is 15.9 Å². The molecule has 1 atom stereocenters. The van der Waals surface area contributed by atoms with E-state index in [9.17, 15) is 30.8 Å². The van der Waals surface area contributed by atoms with E-state index < -0.39 is 46.4 Å². The Morgan fingerprint density at radius 2 is 1.61 bits per heavy atom. The van der Waals surface area contributed by atoms with E-state index >= 15 is 0 Å². The molecule has 0 fully saturated rings. The van der Waals surface area contributed by atoms with Crippen molar-refractivity contribution in [3.05, 3.63) is 103 Å². The summed E-state index contributed by atoms with van der Waals surface area (Å²) in [5, 5.41) is 3.49. The van der Waals surface area contributed by atoms with Gasteiger partial charge >= 0.3 is 6.18 Å². The van der Waals surface area contributed by atoms with Crippen LogP contribution in [0.2, 0.25) is 0 Å². The molecular weight excluding hydrogens is 604 g/mol. The highest BCUT2D eigenvalue weighted by atomic mass is 32.2. The third-order valence-corrected chi connectivity index (χ3v) is 7.71. The number of carbonyl (C=O) groups excluding carboxylic acids is 1. The smallest absolute Gasteiger partial charge is 0.451 e. The molecule has 5 rings (SSSR count). The van der Waals surface area contributed by atoms with Crippen molar-refractivity contribution in [3.8, 4) is 16.9 Å². The Labute approximate surface area is 248 Å². The molecule has 226 valence electrons. The molecule has 2 heterocycles. The maximum absolute atomic E-state index is 13.6. The highest BCUT2D eigenvalue weighted by Crippen LogP contribution is 2.35. The van der Waals surface area contributed by atoms with Gasteiger partial charge in [0, 0.05) is 23.3 Å². The molecule has 0 aliphatic rings. The van der Waals surface area contributed by atoms with Crippen LogP contribution in [0, 0.1) is 5.82 Å². The fraction of sp³-hybridized carbons (Fsp3) is 0.138. The van der Waals surface area contributed by atoms with E-state index in [4.69, 9.17) is 4.74 Å². The zero-order valence-electron chi connectivity index (χ0n) is 22.7. The van der Waals surface area contributed by atoms with E-state index in [-0.39, 0.29) is 22.0 Å². The first-order valence-electron chi connectivity index (χ1n) is 12.8. The molecule has 0 bridgehead atoms. The topological polar surface area (TPSA) is 136 Å². The van der Waals surface area contributed by atoms with Crippen molar-refractivity contribution in [3.63, 3.8) is 0 Å². The summed E-state index contributed by atoms with van der Waals surface area (Å²) in [5.74, 6) is -2.33. The minimum atomic E-state index is -4.69. The number of rotatable bonds is 9. The van der Waals surface area contributed by atoms with Crippen molar-refractivity contribution in [2.45, 2.75) is 24.0 Å². The first-order valence-corrected chi connectivity index (χ1v) is 14.3. The van der Waals surface area contributed by atoms with Gasteiger partial charge < -0.3 is 10.1 Å². The van der Waals surface area contributed by atoms with Gasteiger partial charge in [-0.05, 0) is 54.4 Å². The Bertz CT molecular complexity index is 1910. The van der Waals surface area contributed by atoms with Gasteiger partial charge in [-0.25, -0.2) is 37.5 Å². The average molecular weight is 627 g/mol. The van der Waals surface area contributed by atoms with Crippen LogP contribution >= 0.6 is 0 Å². The Balaban J connectivity index is 1.46. The fourth-order valence-electron chi connectivity index (χ4n) is 4.15. The van der Waals surface area contributed by atoms with Gasteiger partial charge in [0.1, 0.15) is 29.2 Å². The second-order valence-electron chi connectivity index (χ2n) is 9.43. The summed E-state index contributed by atoms with van der Waals surface area (Å²) >= 11 is 0. The van der Waals surface area contributed by atoms with Gasteiger partial charge in [-0.15, -0.1) is 0 Å². The maximum atomic E-state index is 13.6. The summed E-state index contributed by atoms with van der Waals surface area (Å²) in [4.78, 5) is 27.8. The molecule has 0 saturated carbocycles. The zero-order valence-corrected chi connectivity index (χ0v) is 23.5. The Kier molecular flexibility index (Phi) is 8.40. The van der Waals surface area contributed by atoms with Crippen molar-refractivity contribution < 1.29 is 35.5 Å². The first kappa shape index (κ1) is 30.3. The summed E-state index contributed by atoms with van der Waals surface area (Å²) < 4.78 is 85.2. The maximum Gasteiger partial charge on any atom is 0.451 e. The highest BCUT2D eigenvalue weighted by Gasteiger charge is 2.34. The SMILES string of the molecule is CC(Nc1ncnc2c(OCC(=O)NS(=O)(=O)c3ccccc3)cc(-c3ccc(F)cc3)cc12)c1cnc(C(F)(F)F)nc1. The van der Waals surface area contributed by atoms with Crippen LogP contribution in [-0.2, 0) is 21.0 Å². The van der Waals surface area contributed by atoms with E-state index in [1.54, 1.807) is 25.1 Å². The van der Waals surface area contributed by atoms with Crippen LogP contribution in [-0.4, -0.2) is 40.9 Å². The number of amides is 1. The first-order chi connectivity index (χ1) is 20.9. The molecular formula is C29H22F4N6O4S. The number of alkyl halides is 3. The summed E-state index contributed by atoms with van der Waals surface area (Å²) in [6.45, 7) is 0.971. The van der Waals surface area contributed by atoms with Gasteiger partial charge in [0.15, 0.2) is 6.61 Å². The van der Waals surface area contributed by atoms with Crippen molar-refractivity contribution >= 4 is 32.7 Å². The second kappa shape index (κ2) is 12.2. The van der Waals surface area contributed by atoms with Crippen molar-refractivity contribution in [2.24, 2.45) is 0 Å². The van der Waals surface area contributed by atoms with Crippen LogP contribution in [0.1, 0.15) is 24.4 Å². The molecule has 0 radical (unpaired) electrons. The average Bonchev–Trinajstić information content (AvgIpc) is 3.00. The van der Waals surface area contributed by atoms with Crippen LogP contribution in [0.4, 0.5) is 23.4 Å². The van der Waals surface area contributed by atoms with Crippen molar-refractivity contribution in [2.75, 3.05) is 11.9 Å². The summed E-state index contributed by atoms with van der Waals surface area (Å²) in [6.07, 6.45) is -1.37. The van der Waals surface area contributed by atoms with E-state index in [0.29, 0.717) is 22.1 Å². The lowest BCUT2D eigenvalue weighted by Crippen LogP contribution is -2.34. The molecule has 0 saturated heterocycles. The van der Waals surface area contributed by atoms with Crippen LogP contribution in [0.5, 0.6) is 5.75 Å². The van der Waals surface area contributed by atoms with E-state index in [1.807, 2.05) is 4.72 Å². The number of hydrogen-bond donors (Lipinski definition) is 2. The molecule has 1 amide bonds. The molecule has 2 N–H and O–H groups in total. The number of benzene rings is 3. The zero-order chi connectivity index (χ0) is 31.5. The number of hydrogen-bond acceptors (Lipinski definition) is 9. The van der Waals surface area contributed by atoms with Gasteiger partial charge in [0.2, 0.25) is 5.82 Å². The van der Waals surface area contributed by atoms with Gasteiger partial charge in [0.05, 0.1) is 10.9 Å². The normalized spacial score (nSPS) is 12.5. The number of halogens is 4. The lowest BCUT2D eigenvalue weighted by molar-refractivity contribution is -0.145. The monoisotopic (exact) mass is 626 g/mol. The van der Waals surface area contributed by atoms with E-state index in [0.717, 1.165) is 12.4 Å². The molecule has 5 aromatic rings. The number of carbonyl (C=O) groups is 1. The molecule has 1 unspecified atom stereocenters. The quantitative estimate of drug-likeness (QED) is 0.209. The summed E-state index contributed by atoms with van der Waals surface area (Å²) in [7, 11) is -4.14. The lowest BCUT2D eigenvalue weighted by Gasteiger charge is -2.18. The fourth-order valence-corrected chi connectivity index (χ4v) is 5.14. The summed E-state index contributed by atoms with van der Waals surface area (Å²) in [5.41, 5.74) is 1.68. The number of fused-ring (bicyclic) bond motifs is 1. The molecule has 10 nitrogen and oxygen atoms in total. The van der Waals surface area contributed by atoms with Crippen LogP contribution in [0.15, 0.2) is 90.3 Å². The predicted octanol–water partition coefficient (Wildman–Crippen LogP) is 5.30. The van der Waals surface area contributed by atoms with Crippen molar-refractivity contribution in [1.29, 1.82) is 0 Å². The largest absolute Gasteiger partial charge is 0.481 e. The number of anilines is 1. The van der Waals surface area contributed by atoms with E-state index in [2.05, 4.69) is 25.3 Å². The third kappa shape index (κ3) is 6.89. The molecule has 3 aromatic carbocycles.